The van der Waals surface area contributed by atoms with Gasteiger partial charge in [-0.25, -0.2) is 0 Å². The Morgan fingerprint density at radius 2 is 2.15 bits per heavy atom. The largest absolute Gasteiger partial charge is 0.390 e. The van der Waals surface area contributed by atoms with Crippen LogP contribution >= 0.6 is 22.9 Å². The van der Waals surface area contributed by atoms with Crippen molar-refractivity contribution in [3.8, 4) is 0 Å². The summed E-state index contributed by atoms with van der Waals surface area (Å²) in [5.74, 6) is 0.107. The summed E-state index contributed by atoms with van der Waals surface area (Å²) in [5.41, 5.74) is -0.570. The van der Waals surface area contributed by atoms with Crippen molar-refractivity contribution in [1.82, 2.24) is 9.80 Å². The molecular weight excluding hydrogens is 296 g/mol. The Morgan fingerprint density at radius 1 is 1.50 bits per heavy atom. The lowest BCUT2D eigenvalue weighted by Crippen LogP contribution is -2.46. The van der Waals surface area contributed by atoms with Gasteiger partial charge in [0.25, 0.3) is 0 Å². The summed E-state index contributed by atoms with van der Waals surface area (Å²) in [6, 6.07) is 3.81. The second-order valence-electron chi connectivity index (χ2n) is 5.73. The standard InChI is InChI=1S/C14H21ClN2O2S/c1-14(19)5-7-17(8-6-14)10-13(18)16(2)9-11-3-4-12(15)20-11/h3-4,19H,5-10H2,1-2H3. The maximum absolute atomic E-state index is 12.2. The number of nitrogens with zero attached hydrogens (tertiary/aromatic N) is 2. The van der Waals surface area contributed by atoms with Crippen molar-refractivity contribution in [3.05, 3.63) is 21.3 Å². The summed E-state index contributed by atoms with van der Waals surface area (Å²) in [5, 5.41) is 9.90. The van der Waals surface area contributed by atoms with Crippen molar-refractivity contribution in [2.75, 3.05) is 26.7 Å². The number of hydrogen-bond acceptors (Lipinski definition) is 4. The van der Waals surface area contributed by atoms with E-state index in [4.69, 9.17) is 11.6 Å². The fourth-order valence-electron chi connectivity index (χ4n) is 2.26. The summed E-state index contributed by atoms with van der Waals surface area (Å²) < 4.78 is 0.749. The molecule has 1 amide bonds. The van der Waals surface area contributed by atoms with Crippen molar-refractivity contribution in [2.45, 2.75) is 31.9 Å². The number of halogens is 1. The zero-order chi connectivity index (χ0) is 14.8. The maximum atomic E-state index is 12.2. The molecule has 1 saturated heterocycles. The first-order valence-electron chi connectivity index (χ1n) is 6.79. The second kappa shape index (κ2) is 6.43. The number of likely N-dealkylation sites (N-methyl/N-ethyl adjacent to an activating group) is 1. The van der Waals surface area contributed by atoms with Crippen LogP contribution in [-0.4, -0.2) is 53.1 Å². The SMILES string of the molecule is CN(Cc1ccc(Cl)s1)C(=O)CN1CCC(C)(O)CC1. The number of carbonyl (C=O) groups is 1. The number of thiophene rings is 1. The number of amides is 1. The van der Waals surface area contributed by atoms with Crippen LogP contribution in [0.2, 0.25) is 4.34 Å². The summed E-state index contributed by atoms with van der Waals surface area (Å²) in [4.78, 5) is 17.1. The summed E-state index contributed by atoms with van der Waals surface area (Å²) >= 11 is 7.39. The lowest BCUT2D eigenvalue weighted by Gasteiger charge is -2.35. The Morgan fingerprint density at radius 3 is 2.70 bits per heavy atom. The number of hydrogen-bond donors (Lipinski definition) is 1. The Hall–Kier alpha value is -0.620. The van der Waals surface area contributed by atoms with Crippen molar-refractivity contribution >= 4 is 28.8 Å². The molecule has 1 N–H and O–H groups in total. The first-order valence-corrected chi connectivity index (χ1v) is 7.98. The van der Waals surface area contributed by atoms with E-state index in [2.05, 4.69) is 4.90 Å². The van der Waals surface area contributed by atoms with E-state index in [0.717, 1.165) is 35.1 Å². The van der Waals surface area contributed by atoms with Gasteiger partial charge in [0.05, 0.1) is 23.0 Å². The van der Waals surface area contributed by atoms with E-state index in [1.54, 1.807) is 4.90 Å². The van der Waals surface area contributed by atoms with Crippen molar-refractivity contribution in [2.24, 2.45) is 0 Å². The summed E-state index contributed by atoms with van der Waals surface area (Å²) in [6.07, 6.45) is 1.45. The number of carbonyl (C=O) groups excluding carboxylic acids is 1. The number of aliphatic hydroxyl groups is 1. The van der Waals surface area contributed by atoms with Crippen LogP contribution in [0.5, 0.6) is 0 Å². The van der Waals surface area contributed by atoms with Gasteiger partial charge in [0.2, 0.25) is 5.91 Å². The van der Waals surface area contributed by atoms with Crippen LogP contribution in [0.25, 0.3) is 0 Å². The van der Waals surface area contributed by atoms with Gasteiger partial charge in [-0.2, -0.15) is 0 Å². The van der Waals surface area contributed by atoms with E-state index in [-0.39, 0.29) is 5.91 Å². The smallest absolute Gasteiger partial charge is 0.236 e. The molecule has 4 nitrogen and oxygen atoms in total. The van der Waals surface area contributed by atoms with Gasteiger partial charge in [-0.1, -0.05) is 11.6 Å². The molecule has 1 aliphatic rings. The van der Waals surface area contributed by atoms with Gasteiger partial charge >= 0.3 is 0 Å². The maximum Gasteiger partial charge on any atom is 0.236 e. The van der Waals surface area contributed by atoms with E-state index in [0.29, 0.717) is 13.1 Å². The highest BCUT2D eigenvalue weighted by Crippen LogP contribution is 2.23. The van der Waals surface area contributed by atoms with Gasteiger partial charge in [-0.15, -0.1) is 11.3 Å². The molecule has 1 aliphatic heterocycles. The van der Waals surface area contributed by atoms with Crippen molar-refractivity contribution < 1.29 is 9.90 Å². The zero-order valence-electron chi connectivity index (χ0n) is 11.9. The lowest BCUT2D eigenvalue weighted by molar-refractivity contribution is -0.132. The molecule has 0 aromatic carbocycles. The fraction of sp³-hybridized carbons (Fsp3) is 0.643. The molecular formula is C14H21ClN2O2S. The number of piperidine rings is 1. The van der Waals surface area contributed by atoms with Crippen molar-refractivity contribution in [1.29, 1.82) is 0 Å². The third kappa shape index (κ3) is 4.45. The van der Waals surface area contributed by atoms with Crippen LogP contribution in [0.15, 0.2) is 12.1 Å². The molecule has 0 unspecified atom stereocenters. The molecule has 0 atom stereocenters. The van der Waals surface area contributed by atoms with Gasteiger partial charge in [0.15, 0.2) is 0 Å². The van der Waals surface area contributed by atoms with Crippen LogP contribution in [0.1, 0.15) is 24.6 Å². The molecule has 20 heavy (non-hydrogen) atoms. The van der Waals surface area contributed by atoms with Crippen LogP contribution in [0.3, 0.4) is 0 Å². The van der Waals surface area contributed by atoms with E-state index in [1.165, 1.54) is 11.3 Å². The quantitative estimate of drug-likeness (QED) is 0.926. The molecule has 2 rings (SSSR count). The van der Waals surface area contributed by atoms with Gasteiger partial charge in [0, 0.05) is 25.0 Å². The zero-order valence-corrected chi connectivity index (χ0v) is 13.5. The molecule has 1 aromatic rings. The number of likely N-dealkylation sites (tertiary alicyclic amines) is 1. The highest BCUT2D eigenvalue weighted by molar-refractivity contribution is 7.16. The Labute approximate surface area is 128 Å². The Bertz CT molecular complexity index is 465. The Balaban J connectivity index is 1.79. The predicted octanol–water partition coefficient (Wildman–Crippen LogP) is 2.21. The molecule has 0 bridgehead atoms. The normalized spacial score (nSPS) is 19.0. The third-order valence-corrected chi connectivity index (χ3v) is 4.96. The molecule has 2 heterocycles. The minimum absolute atomic E-state index is 0.107. The molecule has 1 aromatic heterocycles. The minimum Gasteiger partial charge on any atom is -0.390 e. The first-order chi connectivity index (χ1) is 9.35. The summed E-state index contributed by atoms with van der Waals surface area (Å²) in [6.45, 7) is 4.43. The average molecular weight is 317 g/mol. The molecule has 6 heteroatoms. The highest BCUT2D eigenvalue weighted by atomic mass is 35.5. The lowest BCUT2D eigenvalue weighted by atomic mass is 9.94. The molecule has 112 valence electrons. The van der Waals surface area contributed by atoms with Crippen LogP contribution in [0, 0.1) is 0 Å². The monoisotopic (exact) mass is 316 g/mol. The molecule has 0 aliphatic carbocycles. The Kier molecular flexibility index (Phi) is 5.07. The minimum atomic E-state index is -0.570. The predicted molar refractivity (Wildman–Crippen MR) is 82.1 cm³/mol. The molecule has 0 radical (unpaired) electrons. The molecule has 1 fully saturated rings. The van der Waals surface area contributed by atoms with Crippen LogP contribution < -0.4 is 0 Å². The van der Waals surface area contributed by atoms with Crippen LogP contribution in [0.4, 0.5) is 0 Å². The highest BCUT2D eigenvalue weighted by Gasteiger charge is 2.28. The van der Waals surface area contributed by atoms with E-state index < -0.39 is 5.60 Å². The topological polar surface area (TPSA) is 43.8 Å². The summed E-state index contributed by atoms with van der Waals surface area (Å²) in [7, 11) is 1.82. The fourth-order valence-corrected chi connectivity index (χ4v) is 3.40. The van der Waals surface area contributed by atoms with E-state index in [1.807, 2.05) is 26.1 Å². The second-order valence-corrected chi connectivity index (χ2v) is 7.53. The van der Waals surface area contributed by atoms with Gasteiger partial charge in [-0.05, 0) is 31.9 Å². The van der Waals surface area contributed by atoms with Gasteiger partial charge in [-0.3, -0.25) is 9.69 Å². The van der Waals surface area contributed by atoms with Gasteiger partial charge in [0.1, 0.15) is 0 Å². The van der Waals surface area contributed by atoms with Gasteiger partial charge < -0.3 is 10.0 Å². The van der Waals surface area contributed by atoms with E-state index >= 15 is 0 Å². The van der Waals surface area contributed by atoms with E-state index in [9.17, 15) is 9.90 Å². The first kappa shape index (κ1) is 15.8. The van der Waals surface area contributed by atoms with Crippen LogP contribution in [-0.2, 0) is 11.3 Å². The van der Waals surface area contributed by atoms with Crippen molar-refractivity contribution in [3.63, 3.8) is 0 Å². The third-order valence-electron chi connectivity index (χ3n) is 3.74. The molecule has 0 saturated carbocycles. The number of rotatable bonds is 4. The average Bonchev–Trinajstić information content (AvgIpc) is 2.77. The molecule has 0 spiro atoms.